The molecule has 0 spiro atoms. The van der Waals surface area contributed by atoms with Crippen LogP contribution in [0.25, 0.3) is 10.9 Å². The first-order valence-corrected chi connectivity index (χ1v) is 12.0. The van der Waals surface area contributed by atoms with E-state index in [9.17, 15) is 13.2 Å². The van der Waals surface area contributed by atoms with Crippen LogP contribution in [0.2, 0.25) is 5.02 Å². The molecule has 2 aromatic heterocycles. The van der Waals surface area contributed by atoms with Crippen LogP contribution in [0.15, 0.2) is 65.3 Å². The third-order valence-corrected chi connectivity index (χ3v) is 6.44. The lowest BCUT2D eigenvalue weighted by Gasteiger charge is -2.37. The van der Waals surface area contributed by atoms with E-state index in [1.807, 2.05) is 35.2 Å². The molecule has 35 heavy (non-hydrogen) atoms. The normalized spacial score (nSPS) is 14.4. The van der Waals surface area contributed by atoms with Crippen molar-refractivity contribution >= 4 is 61.6 Å². The van der Waals surface area contributed by atoms with E-state index in [0.717, 1.165) is 27.1 Å². The highest BCUT2D eigenvalue weighted by Gasteiger charge is 2.34. The Morgan fingerprint density at radius 2 is 1.69 bits per heavy atom. The molecule has 1 saturated heterocycles. The summed E-state index contributed by atoms with van der Waals surface area (Å²) in [6.45, 7) is 2.23. The molecule has 0 amide bonds. The highest BCUT2D eigenvalue weighted by Crippen LogP contribution is 2.33. The molecule has 2 aromatic carbocycles. The van der Waals surface area contributed by atoms with Crippen molar-refractivity contribution in [2.75, 3.05) is 41.3 Å². The molecule has 0 saturated carbocycles. The van der Waals surface area contributed by atoms with Gasteiger partial charge in [0.25, 0.3) is 0 Å². The molecular formula is C24H19BrClF3N6. The van der Waals surface area contributed by atoms with Crippen LogP contribution in [-0.4, -0.2) is 41.1 Å². The quantitative estimate of drug-likeness (QED) is 0.305. The number of pyridine rings is 1. The number of alkyl halides is 3. The van der Waals surface area contributed by atoms with Crippen molar-refractivity contribution in [3.63, 3.8) is 0 Å². The number of rotatable bonds is 4. The Balaban J connectivity index is 1.39. The second-order valence-electron chi connectivity index (χ2n) is 8.03. The minimum absolute atomic E-state index is 0.104. The van der Waals surface area contributed by atoms with Crippen LogP contribution in [0.4, 0.5) is 36.3 Å². The van der Waals surface area contributed by atoms with Crippen LogP contribution in [-0.2, 0) is 6.18 Å². The Kier molecular flexibility index (Phi) is 6.41. The number of piperazine rings is 1. The average molecular weight is 564 g/mol. The summed E-state index contributed by atoms with van der Waals surface area (Å²) < 4.78 is 41.6. The van der Waals surface area contributed by atoms with Gasteiger partial charge in [-0.15, -0.1) is 0 Å². The predicted molar refractivity (Wildman–Crippen MR) is 136 cm³/mol. The number of benzene rings is 2. The summed E-state index contributed by atoms with van der Waals surface area (Å²) >= 11 is 9.46. The van der Waals surface area contributed by atoms with E-state index in [-0.39, 0.29) is 11.8 Å². The number of hydrogen-bond donors (Lipinski definition) is 1. The molecule has 3 heterocycles. The Hall–Kier alpha value is -3.11. The Labute approximate surface area is 212 Å². The maximum absolute atomic E-state index is 13.6. The van der Waals surface area contributed by atoms with Gasteiger partial charge in [0, 0.05) is 64.7 Å². The first-order valence-electron chi connectivity index (χ1n) is 10.8. The lowest BCUT2D eigenvalue weighted by molar-refractivity contribution is -0.141. The standard InChI is InChI=1S/C24H19BrClF3N6/c25-15-2-1-3-17(12-15)31-23-32-21(24(27,28)29)14-22(33-23)35-10-8-34(9-11-35)20-6-7-30-19-13-16(26)4-5-18(19)20/h1-7,12-14H,8-11H2,(H,31,32,33). The van der Waals surface area contributed by atoms with E-state index in [1.165, 1.54) is 0 Å². The molecule has 6 nitrogen and oxygen atoms in total. The van der Waals surface area contributed by atoms with Crippen LogP contribution >= 0.6 is 27.5 Å². The minimum atomic E-state index is -4.59. The van der Waals surface area contributed by atoms with Gasteiger partial charge in [-0.3, -0.25) is 4.98 Å². The van der Waals surface area contributed by atoms with Crippen molar-refractivity contribution < 1.29 is 13.2 Å². The molecule has 11 heteroatoms. The van der Waals surface area contributed by atoms with E-state index in [4.69, 9.17) is 11.6 Å². The van der Waals surface area contributed by atoms with Gasteiger partial charge < -0.3 is 15.1 Å². The Morgan fingerprint density at radius 3 is 2.43 bits per heavy atom. The minimum Gasteiger partial charge on any atom is -0.367 e. The van der Waals surface area contributed by atoms with Crippen LogP contribution in [0.1, 0.15) is 5.69 Å². The molecular weight excluding hydrogens is 545 g/mol. The van der Waals surface area contributed by atoms with Gasteiger partial charge in [0.1, 0.15) is 5.82 Å². The van der Waals surface area contributed by atoms with Gasteiger partial charge in [0.05, 0.1) is 5.52 Å². The smallest absolute Gasteiger partial charge is 0.367 e. The van der Waals surface area contributed by atoms with E-state index in [0.29, 0.717) is 36.9 Å². The first-order chi connectivity index (χ1) is 16.8. The lowest BCUT2D eigenvalue weighted by atomic mass is 10.1. The van der Waals surface area contributed by atoms with Crippen molar-refractivity contribution in [2.45, 2.75) is 6.18 Å². The molecule has 4 aromatic rings. The Bertz CT molecular complexity index is 1380. The van der Waals surface area contributed by atoms with Crippen LogP contribution < -0.4 is 15.1 Å². The van der Waals surface area contributed by atoms with Crippen molar-refractivity contribution in [3.8, 4) is 0 Å². The zero-order valence-electron chi connectivity index (χ0n) is 18.2. The molecule has 0 bridgehead atoms. The SMILES string of the molecule is FC(F)(F)c1cc(N2CCN(c3ccnc4cc(Cl)ccc34)CC2)nc(Nc2cccc(Br)c2)n1. The fourth-order valence-corrected chi connectivity index (χ4v) is 4.62. The monoisotopic (exact) mass is 562 g/mol. The van der Waals surface area contributed by atoms with Crippen molar-refractivity contribution in [1.29, 1.82) is 0 Å². The average Bonchev–Trinajstić information content (AvgIpc) is 2.83. The Morgan fingerprint density at radius 1 is 0.914 bits per heavy atom. The summed E-state index contributed by atoms with van der Waals surface area (Å²) in [5.74, 6) is 0.128. The van der Waals surface area contributed by atoms with Gasteiger partial charge in [0.2, 0.25) is 5.95 Å². The molecule has 0 unspecified atom stereocenters. The predicted octanol–water partition coefficient (Wildman–Crippen LogP) is 6.53. The summed E-state index contributed by atoms with van der Waals surface area (Å²) in [4.78, 5) is 16.5. The number of hydrogen-bond acceptors (Lipinski definition) is 6. The van der Waals surface area contributed by atoms with Crippen molar-refractivity contribution in [1.82, 2.24) is 15.0 Å². The van der Waals surface area contributed by atoms with E-state index >= 15 is 0 Å². The molecule has 1 N–H and O–H groups in total. The summed E-state index contributed by atoms with van der Waals surface area (Å²) in [5, 5.41) is 4.48. The topological polar surface area (TPSA) is 57.2 Å². The zero-order chi connectivity index (χ0) is 24.6. The lowest BCUT2D eigenvalue weighted by Crippen LogP contribution is -2.47. The van der Waals surface area contributed by atoms with Crippen LogP contribution in [0.3, 0.4) is 0 Å². The van der Waals surface area contributed by atoms with Crippen molar-refractivity contribution in [2.24, 2.45) is 0 Å². The highest BCUT2D eigenvalue weighted by molar-refractivity contribution is 9.10. The summed E-state index contributed by atoms with van der Waals surface area (Å²) in [5.41, 5.74) is 1.41. The van der Waals surface area contributed by atoms with Gasteiger partial charge in [0.15, 0.2) is 5.69 Å². The molecule has 1 fully saturated rings. The van der Waals surface area contributed by atoms with Crippen LogP contribution in [0, 0.1) is 0 Å². The number of fused-ring (bicyclic) bond motifs is 1. The fourth-order valence-electron chi connectivity index (χ4n) is 4.05. The highest BCUT2D eigenvalue weighted by atomic mass is 79.9. The molecule has 5 rings (SSSR count). The number of nitrogens with zero attached hydrogens (tertiary/aromatic N) is 5. The van der Waals surface area contributed by atoms with E-state index < -0.39 is 11.9 Å². The van der Waals surface area contributed by atoms with Gasteiger partial charge in [-0.1, -0.05) is 33.6 Å². The zero-order valence-corrected chi connectivity index (χ0v) is 20.6. The van der Waals surface area contributed by atoms with Crippen molar-refractivity contribution in [3.05, 3.63) is 76.0 Å². The second-order valence-corrected chi connectivity index (χ2v) is 9.39. The largest absolute Gasteiger partial charge is 0.433 e. The van der Waals surface area contributed by atoms with Crippen LogP contribution in [0.5, 0.6) is 0 Å². The van der Waals surface area contributed by atoms with Gasteiger partial charge in [-0.2, -0.15) is 18.2 Å². The second kappa shape index (κ2) is 9.50. The fraction of sp³-hybridized carbons (Fsp3) is 0.208. The number of nitrogens with one attached hydrogen (secondary N) is 1. The maximum Gasteiger partial charge on any atom is 0.433 e. The summed E-state index contributed by atoms with van der Waals surface area (Å²) in [7, 11) is 0. The summed E-state index contributed by atoms with van der Waals surface area (Å²) in [6.07, 6.45) is -2.86. The van der Waals surface area contributed by atoms with Gasteiger partial charge in [-0.05, 0) is 42.5 Å². The number of anilines is 4. The van der Waals surface area contributed by atoms with E-state index in [1.54, 1.807) is 24.4 Å². The third kappa shape index (κ3) is 5.28. The summed E-state index contributed by atoms with van der Waals surface area (Å²) in [6, 6.07) is 15.6. The molecule has 0 radical (unpaired) electrons. The molecule has 180 valence electrons. The van der Waals surface area contributed by atoms with Gasteiger partial charge >= 0.3 is 6.18 Å². The van der Waals surface area contributed by atoms with Gasteiger partial charge in [-0.25, -0.2) is 4.98 Å². The third-order valence-electron chi connectivity index (χ3n) is 5.71. The molecule has 0 aliphatic carbocycles. The molecule has 1 aliphatic heterocycles. The number of aromatic nitrogens is 3. The van der Waals surface area contributed by atoms with E-state index in [2.05, 4.69) is 41.1 Å². The number of halogens is 5. The molecule has 0 atom stereocenters. The maximum atomic E-state index is 13.6. The first kappa shape index (κ1) is 23.6. The molecule has 1 aliphatic rings.